The normalized spacial score (nSPS) is 16.8. The molecule has 0 atom stereocenters. The zero-order chi connectivity index (χ0) is 13.7. The number of hydrogen-bond donors (Lipinski definition) is 1. The highest BCUT2D eigenvalue weighted by Crippen LogP contribution is 2.17. The van der Waals surface area contributed by atoms with Crippen LogP contribution in [-0.4, -0.2) is 24.3 Å². The van der Waals surface area contributed by atoms with Crippen molar-refractivity contribution in [1.82, 2.24) is 9.88 Å². The van der Waals surface area contributed by atoms with Gasteiger partial charge in [-0.25, -0.2) is 0 Å². The summed E-state index contributed by atoms with van der Waals surface area (Å²) in [6.07, 6.45) is 4.88. The number of pyridine rings is 1. The van der Waals surface area contributed by atoms with Crippen LogP contribution in [0.4, 0.5) is 0 Å². The van der Waals surface area contributed by atoms with E-state index in [4.69, 9.17) is 4.74 Å². The first-order valence-corrected chi connectivity index (χ1v) is 7.23. The SMILES string of the molecule is CC(C)CCOc1cccn(C2CCNCC2)c1=O. The molecule has 2 heterocycles. The first-order valence-electron chi connectivity index (χ1n) is 7.23. The average Bonchev–Trinajstić information content (AvgIpc) is 2.41. The zero-order valence-electron chi connectivity index (χ0n) is 11.9. The van der Waals surface area contributed by atoms with Crippen LogP contribution in [0.1, 0.15) is 39.2 Å². The zero-order valence-corrected chi connectivity index (χ0v) is 11.9. The Morgan fingerprint density at radius 2 is 2.16 bits per heavy atom. The van der Waals surface area contributed by atoms with E-state index >= 15 is 0 Å². The molecule has 4 heteroatoms. The molecular formula is C15H24N2O2. The standard InChI is InChI=1S/C15H24N2O2/c1-12(2)7-11-19-14-4-3-10-17(15(14)18)13-5-8-16-9-6-13/h3-4,10,12-13,16H,5-9,11H2,1-2H3. The number of piperidine rings is 1. The molecule has 106 valence electrons. The highest BCUT2D eigenvalue weighted by atomic mass is 16.5. The summed E-state index contributed by atoms with van der Waals surface area (Å²) >= 11 is 0. The van der Waals surface area contributed by atoms with Gasteiger partial charge in [-0.15, -0.1) is 0 Å². The van der Waals surface area contributed by atoms with Crippen molar-refractivity contribution in [2.45, 2.75) is 39.2 Å². The van der Waals surface area contributed by atoms with Gasteiger partial charge in [0.15, 0.2) is 5.75 Å². The summed E-state index contributed by atoms with van der Waals surface area (Å²) in [6.45, 7) is 6.89. The summed E-state index contributed by atoms with van der Waals surface area (Å²) in [7, 11) is 0. The molecule has 0 aromatic carbocycles. The van der Waals surface area contributed by atoms with Crippen LogP contribution in [0.5, 0.6) is 5.75 Å². The third kappa shape index (κ3) is 3.83. The minimum atomic E-state index is 0.0122. The fourth-order valence-electron chi connectivity index (χ4n) is 2.38. The van der Waals surface area contributed by atoms with Crippen LogP contribution in [-0.2, 0) is 0 Å². The van der Waals surface area contributed by atoms with Gasteiger partial charge in [0.05, 0.1) is 6.61 Å². The van der Waals surface area contributed by atoms with Crippen molar-refractivity contribution in [3.05, 3.63) is 28.7 Å². The molecule has 1 aromatic rings. The molecule has 1 fully saturated rings. The van der Waals surface area contributed by atoms with Gasteiger partial charge in [-0.1, -0.05) is 13.8 Å². The Balaban J connectivity index is 2.06. The van der Waals surface area contributed by atoms with Gasteiger partial charge in [0.25, 0.3) is 5.56 Å². The van der Waals surface area contributed by atoms with Gasteiger partial charge in [0.1, 0.15) is 0 Å². The molecule has 0 aliphatic carbocycles. The summed E-state index contributed by atoms with van der Waals surface area (Å²) in [6, 6.07) is 4.00. The van der Waals surface area contributed by atoms with Gasteiger partial charge >= 0.3 is 0 Å². The minimum Gasteiger partial charge on any atom is -0.488 e. The molecule has 0 saturated carbocycles. The number of nitrogens with one attached hydrogen (secondary N) is 1. The highest BCUT2D eigenvalue weighted by Gasteiger charge is 2.17. The van der Waals surface area contributed by atoms with E-state index in [0.717, 1.165) is 32.4 Å². The maximum absolute atomic E-state index is 12.4. The third-order valence-electron chi connectivity index (χ3n) is 3.59. The second-order valence-electron chi connectivity index (χ2n) is 5.60. The van der Waals surface area contributed by atoms with Gasteiger partial charge in [-0.3, -0.25) is 4.79 Å². The molecule has 1 aliphatic rings. The number of nitrogens with zero attached hydrogens (tertiary/aromatic N) is 1. The summed E-state index contributed by atoms with van der Waals surface area (Å²) < 4.78 is 7.47. The van der Waals surface area contributed by atoms with E-state index in [9.17, 15) is 4.79 Å². The number of aromatic nitrogens is 1. The molecule has 0 radical (unpaired) electrons. The first kappa shape index (κ1) is 14.1. The van der Waals surface area contributed by atoms with Crippen LogP contribution in [0.2, 0.25) is 0 Å². The average molecular weight is 264 g/mol. The van der Waals surface area contributed by atoms with E-state index in [2.05, 4.69) is 19.2 Å². The van der Waals surface area contributed by atoms with E-state index in [1.165, 1.54) is 0 Å². The van der Waals surface area contributed by atoms with E-state index in [-0.39, 0.29) is 5.56 Å². The molecule has 1 aromatic heterocycles. The van der Waals surface area contributed by atoms with Crippen molar-refractivity contribution in [3.63, 3.8) is 0 Å². The van der Waals surface area contributed by atoms with Crippen molar-refractivity contribution >= 4 is 0 Å². The second-order valence-corrected chi connectivity index (χ2v) is 5.60. The Morgan fingerprint density at radius 1 is 1.42 bits per heavy atom. The van der Waals surface area contributed by atoms with Crippen LogP contribution in [0.25, 0.3) is 0 Å². The third-order valence-corrected chi connectivity index (χ3v) is 3.59. The number of ether oxygens (including phenoxy) is 1. The van der Waals surface area contributed by atoms with Gasteiger partial charge < -0.3 is 14.6 Å². The fraction of sp³-hybridized carbons (Fsp3) is 0.667. The second kappa shape index (κ2) is 6.75. The van der Waals surface area contributed by atoms with Crippen molar-refractivity contribution in [2.24, 2.45) is 5.92 Å². The maximum atomic E-state index is 12.4. The Morgan fingerprint density at radius 3 is 2.84 bits per heavy atom. The topological polar surface area (TPSA) is 43.3 Å². The summed E-state index contributed by atoms with van der Waals surface area (Å²) in [4.78, 5) is 12.4. The van der Waals surface area contributed by atoms with Crippen molar-refractivity contribution in [1.29, 1.82) is 0 Å². The lowest BCUT2D eigenvalue weighted by atomic mass is 10.1. The predicted molar refractivity (Wildman–Crippen MR) is 76.8 cm³/mol. The molecule has 0 bridgehead atoms. The Kier molecular flexibility index (Phi) is 5.02. The van der Waals surface area contributed by atoms with Crippen LogP contribution >= 0.6 is 0 Å². The van der Waals surface area contributed by atoms with Gasteiger partial charge in [-0.05, 0) is 50.4 Å². The van der Waals surface area contributed by atoms with E-state index in [1.54, 1.807) is 6.07 Å². The Hall–Kier alpha value is -1.29. The van der Waals surface area contributed by atoms with Gasteiger partial charge in [-0.2, -0.15) is 0 Å². The van der Waals surface area contributed by atoms with Gasteiger partial charge in [0, 0.05) is 12.2 Å². The summed E-state index contributed by atoms with van der Waals surface area (Å²) in [5.41, 5.74) is 0.0122. The molecular weight excluding hydrogens is 240 g/mol. The van der Waals surface area contributed by atoms with E-state index < -0.39 is 0 Å². The molecule has 0 amide bonds. The largest absolute Gasteiger partial charge is 0.488 e. The molecule has 0 unspecified atom stereocenters. The maximum Gasteiger partial charge on any atom is 0.293 e. The van der Waals surface area contributed by atoms with Gasteiger partial charge in [0.2, 0.25) is 0 Å². The van der Waals surface area contributed by atoms with Crippen LogP contribution in [0.3, 0.4) is 0 Å². The molecule has 19 heavy (non-hydrogen) atoms. The summed E-state index contributed by atoms with van der Waals surface area (Å²) in [5.74, 6) is 1.08. The lowest BCUT2D eigenvalue weighted by molar-refractivity contribution is 0.278. The first-order chi connectivity index (χ1) is 9.18. The lowest BCUT2D eigenvalue weighted by Gasteiger charge is -2.25. The molecule has 1 saturated heterocycles. The monoisotopic (exact) mass is 264 g/mol. The molecule has 1 N–H and O–H groups in total. The number of hydrogen-bond acceptors (Lipinski definition) is 3. The van der Waals surface area contributed by atoms with E-state index in [1.807, 2.05) is 16.8 Å². The van der Waals surface area contributed by atoms with Crippen molar-refractivity contribution < 1.29 is 4.74 Å². The quantitative estimate of drug-likeness (QED) is 0.886. The van der Waals surface area contributed by atoms with Crippen LogP contribution in [0, 0.1) is 5.92 Å². The fourth-order valence-corrected chi connectivity index (χ4v) is 2.38. The minimum absolute atomic E-state index is 0.0122. The Labute approximate surface area is 114 Å². The molecule has 2 rings (SSSR count). The van der Waals surface area contributed by atoms with Crippen LogP contribution in [0.15, 0.2) is 23.1 Å². The molecule has 1 aliphatic heterocycles. The Bertz CT molecular complexity index is 448. The van der Waals surface area contributed by atoms with E-state index in [0.29, 0.717) is 24.3 Å². The smallest absolute Gasteiger partial charge is 0.293 e. The van der Waals surface area contributed by atoms with Crippen molar-refractivity contribution in [3.8, 4) is 5.75 Å². The van der Waals surface area contributed by atoms with Crippen molar-refractivity contribution in [2.75, 3.05) is 19.7 Å². The highest BCUT2D eigenvalue weighted by molar-refractivity contribution is 5.18. The summed E-state index contributed by atoms with van der Waals surface area (Å²) in [5, 5.41) is 3.32. The lowest BCUT2D eigenvalue weighted by Crippen LogP contribution is -2.34. The number of rotatable bonds is 5. The molecule has 4 nitrogen and oxygen atoms in total. The predicted octanol–water partition coefficient (Wildman–Crippen LogP) is 2.20. The van der Waals surface area contributed by atoms with Crippen LogP contribution < -0.4 is 15.6 Å². The molecule has 0 spiro atoms.